The van der Waals surface area contributed by atoms with Gasteiger partial charge in [0.05, 0.1) is 18.8 Å². The molecule has 0 amide bonds. The van der Waals surface area contributed by atoms with Crippen molar-refractivity contribution in [3.8, 4) is 5.75 Å². The summed E-state index contributed by atoms with van der Waals surface area (Å²) in [5, 5.41) is 7.87. The molecule has 4 nitrogen and oxygen atoms in total. The summed E-state index contributed by atoms with van der Waals surface area (Å²) in [7, 11) is 3.68. The fourth-order valence-electron chi connectivity index (χ4n) is 2.43. The molecule has 0 radical (unpaired) electrons. The first-order chi connectivity index (χ1) is 9.67. The maximum absolute atomic E-state index is 5.34. The molecule has 0 aliphatic rings. The molecule has 2 rings (SSSR count). The number of rotatable bonds is 6. The summed E-state index contributed by atoms with van der Waals surface area (Å²) in [5.41, 5.74) is 3.55. The van der Waals surface area contributed by atoms with Gasteiger partial charge in [-0.25, -0.2) is 0 Å². The third-order valence-corrected chi connectivity index (χ3v) is 3.51. The Bertz CT molecular complexity index is 563. The normalized spacial score (nSPS) is 12.4. The Morgan fingerprint density at radius 2 is 2.15 bits per heavy atom. The van der Waals surface area contributed by atoms with Gasteiger partial charge in [-0.3, -0.25) is 4.68 Å². The average Bonchev–Trinajstić information content (AvgIpc) is 2.86. The third kappa shape index (κ3) is 3.02. The maximum Gasteiger partial charge on any atom is 0.121 e. The fraction of sp³-hybridized carbons (Fsp3) is 0.438. The van der Waals surface area contributed by atoms with Crippen molar-refractivity contribution in [3.05, 3.63) is 47.3 Å². The van der Waals surface area contributed by atoms with Gasteiger partial charge in [0, 0.05) is 13.2 Å². The number of methoxy groups -OCH3 is 1. The highest BCUT2D eigenvalue weighted by Crippen LogP contribution is 2.26. The summed E-state index contributed by atoms with van der Waals surface area (Å²) >= 11 is 0. The summed E-state index contributed by atoms with van der Waals surface area (Å²) in [6.07, 6.45) is 2.94. The van der Waals surface area contributed by atoms with Crippen molar-refractivity contribution in [1.29, 1.82) is 0 Å². The molecule has 1 aromatic carbocycles. The summed E-state index contributed by atoms with van der Waals surface area (Å²) in [6.45, 7) is 5.22. The van der Waals surface area contributed by atoms with E-state index in [4.69, 9.17) is 4.74 Å². The molecule has 0 aliphatic heterocycles. The van der Waals surface area contributed by atoms with E-state index >= 15 is 0 Å². The maximum atomic E-state index is 5.34. The van der Waals surface area contributed by atoms with E-state index in [1.165, 1.54) is 11.3 Å². The van der Waals surface area contributed by atoms with Crippen molar-refractivity contribution in [2.45, 2.75) is 26.3 Å². The molecule has 0 aliphatic carbocycles. The van der Waals surface area contributed by atoms with Crippen molar-refractivity contribution in [2.24, 2.45) is 7.05 Å². The van der Waals surface area contributed by atoms with Gasteiger partial charge in [-0.2, -0.15) is 5.10 Å². The van der Waals surface area contributed by atoms with Gasteiger partial charge in [-0.05, 0) is 43.1 Å². The molecule has 0 fully saturated rings. The highest BCUT2D eigenvalue weighted by molar-refractivity contribution is 5.39. The lowest BCUT2D eigenvalue weighted by Crippen LogP contribution is -2.25. The van der Waals surface area contributed by atoms with Crippen LogP contribution in [0.5, 0.6) is 5.75 Å². The Morgan fingerprint density at radius 3 is 2.70 bits per heavy atom. The lowest BCUT2D eigenvalue weighted by Gasteiger charge is -2.20. The van der Waals surface area contributed by atoms with E-state index in [9.17, 15) is 0 Å². The lowest BCUT2D eigenvalue weighted by atomic mass is 10.0. The van der Waals surface area contributed by atoms with Crippen molar-refractivity contribution >= 4 is 0 Å². The molecule has 0 spiro atoms. The van der Waals surface area contributed by atoms with Crippen LogP contribution in [0.25, 0.3) is 0 Å². The van der Waals surface area contributed by atoms with E-state index in [1.807, 2.05) is 24.0 Å². The van der Waals surface area contributed by atoms with E-state index < -0.39 is 0 Å². The molecule has 1 heterocycles. The van der Waals surface area contributed by atoms with Crippen LogP contribution in [0.1, 0.15) is 36.2 Å². The molecule has 0 saturated heterocycles. The Balaban J connectivity index is 2.36. The molecule has 0 bridgehead atoms. The first-order valence-electron chi connectivity index (χ1n) is 7.03. The van der Waals surface area contributed by atoms with Crippen LogP contribution in [0, 0.1) is 6.92 Å². The summed E-state index contributed by atoms with van der Waals surface area (Å²) in [4.78, 5) is 0. The van der Waals surface area contributed by atoms with E-state index in [1.54, 1.807) is 7.11 Å². The van der Waals surface area contributed by atoms with E-state index in [0.29, 0.717) is 0 Å². The van der Waals surface area contributed by atoms with Crippen LogP contribution in [0.2, 0.25) is 0 Å². The van der Waals surface area contributed by atoms with Gasteiger partial charge in [0.15, 0.2) is 0 Å². The van der Waals surface area contributed by atoms with Gasteiger partial charge < -0.3 is 10.1 Å². The SMILES string of the molecule is CCCNC(c1ccc(OC)c(C)c1)c1ccnn1C. The highest BCUT2D eigenvalue weighted by atomic mass is 16.5. The van der Waals surface area contributed by atoms with Gasteiger partial charge >= 0.3 is 0 Å². The van der Waals surface area contributed by atoms with Gasteiger partial charge in [0.2, 0.25) is 0 Å². The number of aromatic nitrogens is 2. The molecule has 1 atom stereocenters. The number of nitrogens with zero attached hydrogens (tertiary/aromatic N) is 2. The van der Waals surface area contributed by atoms with E-state index in [0.717, 1.165) is 24.3 Å². The number of nitrogens with one attached hydrogen (secondary N) is 1. The molecule has 4 heteroatoms. The van der Waals surface area contributed by atoms with Crippen LogP contribution in [-0.2, 0) is 7.05 Å². The van der Waals surface area contributed by atoms with Crippen LogP contribution in [0.15, 0.2) is 30.5 Å². The molecule has 0 saturated carbocycles. The summed E-state index contributed by atoms with van der Waals surface area (Å²) in [5.74, 6) is 0.924. The van der Waals surface area contributed by atoms with E-state index in [2.05, 4.69) is 42.5 Å². The van der Waals surface area contributed by atoms with Crippen LogP contribution >= 0.6 is 0 Å². The first-order valence-corrected chi connectivity index (χ1v) is 7.03. The second-order valence-corrected chi connectivity index (χ2v) is 5.00. The van der Waals surface area contributed by atoms with Gasteiger partial charge in [0.25, 0.3) is 0 Å². The molecule has 20 heavy (non-hydrogen) atoms. The van der Waals surface area contributed by atoms with E-state index in [-0.39, 0.29) is 6.04 Å². The second-order valence-electron chi connectivity index (χ2n) is 5.00. The number of hydrogen-bond acceptors (Lipinski definition) is 3. The Kier molecular flexibility index (Phi) is 4.79. The van der Waals surface area contributed by atoms with Crippen LogP contribution in [0.4, 0.5) is 0 Å². The predicted octanol–water partition coefficient (Wildman–Crippen LogP) is 2.83. The smallest absolute Gasteiger partial charge is 0.121 e. The summed E-state index contributed by atoms with van der Waals surface area (Å²) in [6, 6.07) is 8.55. The Morgan fingerprint density at radius 1 is 1.35 bits per heavy atom. The topological polar surface area (TPSA) is 39.1 Å². The van der Waals surface area contributed by atoms with Crippen LogP contribution in [0.3, 0.4) is 0 Å². The second kappa shape index (κ2) is 6.57. The summed E-state index contributed by atoms with van der Waals surface area (Å²) < 4.78 is 7.26. The quantitative estimate of drug-likeness (QED) is 0.879. The predicted molar refractivity (Wildman–Crippen MR) is 81.1 cm³/mol. The standard InChI is InChI=1S/C16H23N3O/c1-5-9-17-16(14-8-10-18-19(14)3)13-6-7-15(20-4)12(2)11-13/h6-8,10-11,16-17H,5,9H2,1-4H3. The highest BCUT2D eigenvalue weighted by Gasteiger charge is 2.17. The third-order valence-electron chi connectivity index (χ3n) is 3.51. The molecular formula is C16H23N3O. The Labute approximate surface area is 120 Å². The Hall–Kier alpha value is -1.81. The van der Waals surface area contributed by atoms with Gasteiger partial charge in [0.1, 0.15) is 5.75 Å². The van der Waals surface area contributed by atoms with Crippen LogP contribution in [-0.4, -0.2) is 23.4 Å². The minimum Gasteiger partial charge on any atom is -0.496 e. The van der Waals surface area contributed by atoms with Crippen LogP contribution < -0.4 is 10.1 Å². The van der Waals surface area contributed by atoms with Crippen molar-refractivity contribution in [3.63, 3.8) is 0 Å². The number of ether oxygens (including phenoxy) is 1. The molecule has 2 aromatic rings. The minimum atomic E-state index is 0.159. The molecule has 108 valence electrons. The monoisotopic (exact) mass is 273 g/mol. The zero-order valence-electron chi connectivity index (χ0n) is 12.7. The number of hydrogen-bond donors (Lipinski definition) is 1. The number of benzene rings is 1. The molecule has 1 aromatic heterocycles. The zero-order chi connectivity index (χ0) is 14.5. The largest absolute Gasteiger partial charge is 0.496 e. The lowest BCUT2D eigenvalue weighted by molar-refractivity contribution is 0.411. The van der Waals surface area contributed by atoms with Gasteiger partial charge in [-0.1, -0.05) is 19.1 Å². The fourth-order valence-corrected chi connectivity index (χ4v) is 2.43. The minimum absolute atomic E-state index is 0.159. The molecule has 1 N–H and O–H groups in total. The average molecular weight is 273 g/mol. The number of aryl methyl sites for hydroxylation is 2. The van der Waals surface area contributed by atoms with Gasteiger partial charge in [-0.15, -0.1) is 0 Å². The van der Waals surface area contributed by atoms with Crippen molar-refractivity contribution in [2.75, 3.05) is 13.7 Å². The molecular weight excluding hydrogens is 250 g/mol. The zero-order valence-corrected chi connectivity index (χ0v) is 12.7. The van der Waals surface area contributed by atoms with Crippen molar-refractivity contribution in [1.82, 2.24) is 15.1 Å². The first kappa shape index (κ1) is 14.6. The van der Waals surface area contributed by atoms with Crippen molar-refractivity contribution < 1.29 is 4.74 Å². The molecule has 1 unspecified atom stereocenters.